The largest absolute Gasteiger partial charge is 0.383 e. The van der Waals surface area contributed by atoms with Crippen molar-refractivity contribution in [2.24, 2.45) is 7.05 Å². The smallest absolute Gasteiger partial charge is 0.129 e. The number of ether oxygens (including phenoxy) is 1. The number of rotatable bonds is 2. The maximum absolute atomic E-state index is 6.30. The second kappa shape index (κ2) is 5.53. The van der Waals surface area contributed by atoms with Gasteiger partial charge in [0, 0.05) is 31.7 Å². The van der Waals surface area contributed by atoms with E-state index in [4.69, 9.17) is 15.6 Å². The van der Waals surface area contributed by atoms with Gasteiger partial charge >= 0.3 is 0 Å². The minimum Gasteiger partial charge on any atom is -0.383 e. The first-order valence-electron chi connectivity index (χ1n) is 7.55. The summed E-state index contributed by atoms with van der Waals surface area (Å²) in [6.45, 7) is 5.89. The minimum absolute atomic E-state index is 0.443. The lowest BCUT2D eigenvalue weighted by atomic mass is 9.90. The number of anilines is 1. The third-order valence-corrected chi connectivity index (χ3v) is 4.52. The number of aromatic nitrogens is 2. The second-order valence-corrected chi connectivity index (χ2v) is 5.95. The fourth-order valence-electron chi connectivity index (χ4n) is 3.01. The van der Waals surface area contributed by atoms with E-state index in [1.54, 1.807) is 4.68 Å². The van der Waals surface area contributed by atoms with Crippen LogP contribution in [-0.4, -0.2) is 23.0 Å². The molecule has 1 aliphatic rings. The van der Waals surface area contributed by atoms with Crippen LogP contribution in [0.1, 0.15) is 35.6 Å². The first kappa shape index (κ1) is 14.1. The summed E-state index contributed by atoms with van der Waals surface area (Å²) in [5, 5.41) is 4.70. The molecule has 1 fully saturated rings. The number of nitrogen functional groups attached to an aromatic ring is 1. The lowest BCUT2D eigenvalue weighted by molar-refractivity contribution is 0.0845. The summed E-state index contributed by atoms with van der Waals surface area (Å²) in [7, 11) is 1.92. The Hall–Kier alpha value is -1.81. The molecule has 0 aliphatic carbocycles. The molecule has 112 valence electrons. The van der Waals surface area contributed by atoms with E-state index in [-0.39, 0.29) is 0 Å². The predicted octanol–water partition coefficient (Wildman–Crippen LogP) is 3.18. The van der Waals surface area contributed by atoms with E-state index in [2.05, 4.69) is 32.0 Å². The first-order chi connectivity index (χ1) is 10.1. The van der Waals surface area contributed by atoms with Gasteiger partial charge in [0.2, 0.25) is 0 Å². The van der Waals surface area contributed by atoms with Gasteiger partial charge in [-0.3, -0.25) is 4.68 Å². The van der Waals surface area contributed by atoms with Crippen molar-refractivity contribution in [3.05, 3.63) is 35.0 Å². The normalized spacial score (nSPS) is 16.3. The summed E-state index contributed by atoms with van der Waals surface area (Å²) in [5.41, 5.74) is 12.3. The van der Waals surface area contributed by atoms with E-state index in [1.807, 2.05) is 7.05 Å². The van der Waals surface area contributed by atoms with Crippen LogP contribution in [0.2, 0.25) is 0 Å². The van der Waals surface area contributed by atoms with E-state index >= 15 is 0 Å². The Morgan fingerprint density at radius 1 is 1.19 bits per heavy atom. The van der Waals surface area contributed by atoms with Crippen LogP contribution in [0, 0.1) is 13.8 Å². The number of hydrogen-bond acceptors (Lipinski definition) is 3. The maximum atomic E-state index is 6.30. The summed E-state index contributed by atoms with van der Waals surface area (Å²) < 4.78 is 7.27. The van der Waals surface area contributed by atoms with Gasteiger partial charge in [-0.25, -0.2) is 0 Å². The molecule has 1 aromatic heterocycles. The van der Waals surface area contributed by atoms with Gasteiger partial charge in [-0.15, -0.1) is 0 Å². The second-order valence-electron chi connectivity index (χ2n) is 5.95. The van der Waals surface area contributed by atoms with Gasteiger partial charge < -0.3 is 10.5 Å². The molecule has 2 aromatic rings. The van der Waals surface area contributed by atoms with Crippen LogP contribution in [0.15, 0.2) is 18.2 Å². The molecule has 0 bridgehead atoms. The van der Waals surface area contributed by atoms with Crippen molar-refractivity contribution in [1.82, 2.24) is 9.78 Å². The molecule has 3 rings (SSSR count). The topological polar surface area (TPSA) is 53.1 Å². The van der Waals surface area contributed by atoms with Gasteiger partial charge in [-0.2, -0.15) is 5.10 Å². The molecule has 0 unspecified atom stereocenters. The Kier molecular flexibility index (Phi) is 3.72. The molecule has 2 N–H and O–H groups in total. The molecule has 4 heteroatoms. The molecule has 0 spiro atoms. The standard InChI is InChI=1S/C17H23N3O/c1-11-4-5-14(10-12(11)2)15-16(19-20(3)17(15)18)13-6-8-21-9-7-13/h4-5,10,13H,6-9,18H2,1-3H3. The Balaban J connectivity index is 2.09. The number of hydrogen-bond donors (Lipinski definition) is 1. The van der Waals surface area contributed by atoms with Gasteiger partial charge in [-0.05, 0) is 43.4 Å². The number of nitrogens with zero attached hydrogens (tertiary/aromatic N) is 2. The maximum Gasteiger partial charge on any atom is 0.129 e. The fraction of sp³-hybridized carbons (Fsp3) is 0.471. The molecular weight excluding hydrogens is 262 g/mol. The molecule has 0 saturated carbocycles. The van der Waals surface area contributed by atoms with Crippen LogP contribution in [0.3, 0.4) is 0 Å². The van der Waals surface area contributed by atoms with Gasteiger partial charge in [0.25, 0.3) is 0 Å². The summed E-state index contributed by atoms with van der Waals surface area (Å²) >= 11 is 0. The predicted molar refractivity (Wildman–Crippen MR) is 85.3 cm³/mol. The zero-order valence-electron chi connectivity index (χ0n) is 13.0. The molecule has 1 saturated heterocycles. The highest BCUT2D eigenvalue weighted by Crippen LogP contribution is 2.38. The zero-order chi connectivity index (χ0) is 15.0. The SMILES string of the molecule is Cc1ccc(-c2c(C3CCOCC3)nn(C)c2N)cc1C. The zero-order valence-corrected chi connectivity index (χ0v) is 13.0. The van der Waals surface area contributed by atoms with Crippen molar-refractivity contribution in [2.45, 2.75) is 32.6 Å². The molecule has 0 radical (unpaired) electrons. The van der Waals surface area contributed by atoms with E-state index in [0.29, 0.717) is 5.92 Å². The molecule has 0 atom stereocenters. The van der Waals surface area contributed by atoms with Crippen molar-refractivity contribution in [1.29, 1.82) is 0 Å². The highest BCUT2D eigenvalue weighted by molar-refractivity contribution is 5.77. The van der Waals surface area contributed by atoms with Crippen LogP contribution < -0.4 is 5.73 Å². The van der Waals surface area contributed by atoms with E-state index in [1.165, 1.54) is 16.7 Å². The van der Waals surface area contributed by atoms with Crippen molar-refractivity contribution in [3.63, 3.8) is 0 Å². The molecular formula is C17H23N3O. The van der Waals surface area contributed by atoms with Gasteiger partial charge in [0.05, 0.1) is 5.69 Å². The summed E-state index contributed by atoms with van der Waals surface area (Å²) in [6.07, 6.45) is 2.04. The average molecular weight is 285 g/mol. The van der Waals surface area contributed by atoms with Crippen LogP contribution in [0.4, 0.5) is 5.82 Å². The number of benzene rings is 1. The molecule has 2 heterocycles. The third-order valence-electron chi connectivity index (χ3n) is 4.52. The molecule has 1 aliphatic heterocycles. The van der Waals surface area contributed by atoms with Gasteiger partial charge in [0.15, 0.2) is 0 Å². The average Bonchev–Trinajstić information content (AvgIpc) is 2.79. The van der Waals surface area contributed by atoms with Gasteiger partial charge in [0.1, 0.15) is 5.82 Å². The van der Waals surface area contributed by atoms with Gasteiger partial charge in [-0.1, -0.05) is 18.2 Å². The number of nitrogens with two attached hydrogens (primary N) is 1. The van der Waals surface area contributed by atoms with Crippen LogP contribution in [0.25, 0.3) is 11.1 Å². The fourth-order valence-corrected chi connectivity index (χ4v) is 3.01. The summed E-state index contributed by atoms with van der Waals surface area (Å²) in [5.74, 6) is 1.19. The molecule has 4 nitrogen and oxygen atoms in total. The summed E-state index contributed by atoms with van der Waals surface area (Å²) in [6, 6.07) is 6.52. The lowest BCUT2D eigenvalue weighted by Crippen LogP contribution is -2.15. The lowest BCUT2D eigenvalue weighted by Gasteiger charge is -2.21. The van der Waals surface area contributed by atoms with Crippen LogP contribution in [0.5, 0.6) is 0 Å². The van der Waals surface area contributed by atoms with E-state index < -0.39 is 0 Å². The van der Waals surface area contributed by atoms with Crippen molar-refractivity contribution < 1.29 is 4.74 Å². The third kappa shape index (κ3) is 2.56. The summed E-state index contributed by atoms with van der Waals surface area (Å²) in [4.78, 5) is 0. The van der Waals surface area contributed by atoms with Crippen LogP contribution in [-0.2, 0) is 11.8 Å². The quantitative estimate of drug-likeness (QED) is 0.922. The Labute approximate surface area is 125 Å². The van der Waals surface area contributed by atoms with Crippen molar-refractivity contribution in [3.8, 4) is 11.1 Å². The number of aryl methyl sites for hydroxylation is 3. The minimum atomic E-state index is 0.443. The molecule has 21 heavy (non-hydrogen) atoms. The Morgan fingerprint density at radius 2 is 1.90 bits per heavy atom. The monoisotopic (exact) mass is 285 g/mol. The highest BCUT2D eigenvalue weighted by Gasteiger charge is 2.25. The highest BCUT2D eigenvalue weighted by atomic mass is 16.5. The van der Waals surface area contributed by atoms with E-state index in [0.717, 1.165) is 43.1 Å². The van der Waals surface area contributed by atoms with Crippen LogP contribution >= 0.6 is 0 Å². The van der Waals surface area contributed by atoms with Crippen molar-refractivity contribution in [2.75, 3.05) is 18.9 Å². The Bertz CT molecular complexity index is 654. The van der Waals surface area contributed by atoms with E-state index in [9.17, 15) is 0 Å². The molecule has 1 aromatic carbocycles. The molecule has 0 amide bonds. The Morgan fingerprint density at radius 3 is 2.57 bits per heavy atom. The van der Waals surface area contributed by atoms with Crippen molar-refractivity contribution >= 4 is 5.82 Å². The first-order valence-corrected chi connectivity index (χ1v) is 7.55.